The summed E-state index contributed by atoms with van der Waals surface area (Å²) in [5.41, 5.74) is 1.36. The maximum atomic E-state index is 12.0. The second-order valence-corrected chi connectivity index (χ2v) is 11.5. The summed E-state index contributed by atoms with van der Waals surface area (Å²) >= 11 is 8.06. The molecule has 0 heterocycles. The molecule has 0 aliphatic rings. The molecule has 12 heteroatoms. The lowest BCUT2D eigenvalue weighted by atomic mass is 10.1. The number of carbonyl (C=O) groups is 3. The zero-order chi connectivity index (χ0) is 23.9. The van der Waals surface area contributed by atoms with Gasteiger partial charge in [-0.2, -0.15) is 10.7 Å². The van der Waals surface area contributed by atoms with Crippen LogP contribution in [0.4, 0.5) is 4.79 Å². The molecule has 0 saturated carbocycles. The number of thiocarbonyl (C=S) groups is 1. The summed E-state index contributed by atoms with van der Waals surface area (Å²) in [6.45, 7) is 9.27. The lowest BCUT2D eigenvalue weighted by Crippen LogP contribution is -2.37. The molecular formula is C19H32N4O5S3. The fourth-order valence-electron chi connectivity index (χ4n) is 1.96. The molecule has 0 aromatic rings. The van der Waals surface area contributed by atoms with Gasteiger partial charge in [0.25, 0.3) is 0 Å². The molecule has 0 aromatic heterocycles. The molecular weight excluding hydrogens is 460 g/mol. The van der Waals surface area contributed by atoms with E-state index in [0.717, 1.165) is 5.75 Å². The normalized spacial score (nSPS) is 12.8. The summed E-state index contributed by atoms with van der Waals surface area (Å²) in [6.07, 6.45) is 0.356. The van der Waals surface area contributed by atoms with Crippen molar-refractivity contribution in [1.82, 2.24) is 16.1 Å². The minimum absolute atomic E-state index is 0.160. The second-order valence-electron chi connectivity index (χ2n) is 7.57. The van der Waals surface area contributed by atoms with Gasteiger partial charge in [-0.05, 0) is 46.3 Å². The van der Waals surface area contributed by atoms with Crippen LogP contribution in [0, 0.1) is 11.3 Å². The quantitative estimate of drug-likeness (QED) is 0.214. The molecule has 0 fully saturated rings. The van der Waals surface area contributed by atoms with Gasteiger partial charge in [0, 0.05) is 19.5 Å². The molecule has 9 nitrogen and oxygen atoms in total. The average molecular weight is 493 g/mol. The van der Waals surface area contributed by atoms with Gasteiger partial charge in [0.05, 0.1) is 6.07 Å². The number of nitriles is 1. The van der Waals surface area contributed by atoms with Crippen molar-refractivity contribution in [2.75, 3.05) is 25.4 Å². The number of carbonyl (C=O) groups excluding carboxylic acids is 3. The van der Waals surface area contributed by atoms with Gasteiger partial charge in [-0.3, -0.25) is 14.4 Å². The number of hydrogen-bond acceptors (Lipinski definition) is 9. The number of ether oxygens (including phenoxy) is 1. The van der Waals surface area contributed by atoms with Gasteiger partial charge in [-0.25, -0.2) is 4.79 Å². The summed E-state index contributed by atoms with van der Waals surface area (Å²) in [6, 6.07) is 2.24. The Balaban J connectivity index is 3.92. The SMILES string of the molecule is CCSC(=S)SC(C)(C#N)CCC(=O)NCCCNC(=O)CONC(=O)OC(C)(C)C. The molecule has 176 valence electrons. The Morgan fingerprint density at radius 3 is 2.26 bits per heavy atom. The van der Waals surface area contributed by atoms with Gasteiger partial charge in [0.2, 0.25) is 11.8 Å². The van der Waals surface area contributed by atoms with Crippen molar-refractivity contribution in [1.29, 1.82) is 5.26 Å². The Hall–Kier alpha value is -1.55. The summed E-state index contributed by atoms with van der Waals surface area (Å²) < 4.78 is 4.92. The minimum Gasteiger partial charge on any atom is -0.442 e. The van der Waals surface area contributed by atoms with Crippen molar-refractivity contribution in [3.63, 3.8) is 0 Å². The summed E-state index contributed by atoms with van der Waals surface area (Å²) in [5.74, 6) is 0.272. The van der Waals surface area contributed by atoms with E-state index in [1.807, 2.05) is 12.4 Å². The van der Waals surface area contributed by atoms with Crippen LogP contribution in [0.15, 0.2) is 0 Å². The number of nitrogens with one attached hydrogen (secondary N) is 3. The van der Waals surface area contributed by atoms with E-state index in [9.17, 15) is 19.6 Å². The van der Waals surface area contributed by atoms with Crippen molar-refractivity contribution in [3.8, 4) is 6.07 Å². The van der Waals surface area contributed by atoms with E-state index in [-0.39, 0.29) is 18.9 Å². The van der Waals surface area contributed by atoms with E-state index in [2.05, 4.69) is 16.7 Å². The van der Waals surface area contributed by atoms with Crippen LogP contribution in [-0.4, -0.2) is 57.2 Å². The number of amides is 3. The molecule has 3 amide bonds. The van der Waals surface area contributed by atoms with Crippen LogP contribution >= 0.6 is 35.7 Å². The fraction of sp³-hybridized carbons (Fsp3) is 0.737. The lowest BCUT2D eigenvalue weighted by molar-refractivity contribution is -0.128. The van der Waals surface area contributed by atoms with Crippen molar-refractivity contribution >= 4 is 57.2 Å². The maximum Gasteiger partial charge on any atom is 0.431 e. The predicted octanol–water partition coefficient (Wildman–Crippen LogP) is 2.90. The number of hydroxylamine groups is 1. The van der Waals surface area contributed by atoms with Crippen LogP contribution in [0.3, 0.4) is 0 Å². The van der Waals surface area contributed by atoms with Gasteiger partial charge in [0.15, 0.2) is 6.61 Å². The lowest BCUT2D eigenvalue weighted by Gasteiger charge is -2.20. The molecule has 1 unspecified atom stereocenters. The van der Waals surface area contributed by atoms with Gasteiger partial charge in [0.1, 0.15) is 13.9 Å². The van der Waals surface area contributed by atoms with Gasteiger partial charge in [-0.1, -0.05) is 30.9 Å². The molecule has 0 radical (unpaired) electrons. The minimum atomic E-state index is -0.778. The molecule has 1 atom stereocenters. The smallest absolute Gasteiger partial charge is 0.431 e. The topological polar surface area (TPSA) is 130 Å². The van der Waals surface area contributed by atoms with Crippen LogP contribution in [0.25, 0.3) is 0 Å². The zero-order valence-electron chi connectivity index (χ0n) is 18.7. The monoisotopic (exact) mass is 492 g/mol. The predicted molar refractivity (Wildman–Crippen MR) is 128 cm³/mol. The highest BCUT2D eigenvalue weighted by Gasteiger charge is 2.27. The Bertz CT molecular complexity index is 664. The first-order chi connectivity index (χ1) is 14.4. The zero-order valence-corrected chi connectivity index (χ0v) is 21.1. The molecule has 31 heavy (non-hydrogen) atoms. The van der Waals surface area contributed by atoms with Crippen LogP contribution in [0.2, 0.25) is 0 Å². The summed E-state index contributed by atoms with van der Waals surface area (Å²) in [7, 11) is 0. The van der Waals surface area contributed by atoms with Crippen molar-refractivity contribution in [3.05, 3.63) is 0 Å². The van der Waals surface area contributed by atoms with Crippen molar-refractivity contribution in [2.24, 2.45) is 0 Å². The Labute approximate surface area is 198 Å². The van der Waals surface area contributed by atoms with Crippen molar-refractivity contribution in [2.45, 2.75) is 64.2 Å². The highest BCUT2D eigenvalue weighted by atomic mass is 32.2. The molecule has 0 aliphatic carbocycles. The first-order valence-electron chi connectivity index (χ1n) is 9.82. The molecule has 0 rings (SSSR count). The first kappa shape index (κ1) is 29.5. The summed E-state index contributed by atoms with van der Waals surface area (Å²) in [5, 5.41) is 14.8. The molecule has 0 aliphatic heterocycles. The third-order valence-corrected chi connectivity index (χ3v) is 6.04. The third kappa shape index (κ3) is 16.8. The van der Waals surface area contributed by atoms with Crippen molar-refractivity contribution < 1.29 is 24.0 Å². The van der Waals surface area contributed by atoms with Gasteiger partial charge >= 0.3 is 6.09 Å². The molecule has 3 N–H and O–H groups in total. The molecule has 0 saturated heterocycles. The van der Waals surface area contributed by atoms with Gasteiger partial charge in [-0.15, -0.1) is 11.8 Å². The number of thioether (sulfide) groups is 2. The third-order valence-electron chi connectivity index (χ3n) is 3.39. The maximum absolute atomic E-state index is 12.0. The fourth-order valence-corrected chi connectivity index (χ4v) is 4.86. The van der Waals surface area contributed by atoms with Crippen LogP contribution < -0.4 is 16.1 Å². The highest BCUT2D eigenvalue weighted by Crippen LogP contribution is 2.34. The van der Waals surface area contributed by atoms with Crippen LogP contribution in [0.5, 0.6) is 0 Å². The Morgan fingerprint density at radius 2 is 1.71 bits per heavy atom. The highest BCUT2D eigenvalue weighted by molar-refractivity contribution is 8.47. The standard InChI is InChI=1S/C19H32N4O5S3/c1-6-30-17(29)31-19(5,13-20)9-8-14(24)21-10-7-11-22-15(25)12-27-23-16(26)28-18(2,3)4/h6-12H2,1-5H3,(H,21,24)(H,22,25)(H,23,26). The van der Waals surface area contributed by atoms with Gasteiger partial charge < -0.3 is 15.4 Å². The molecule has 0 aromatic carbocycles. The average Bonchev–Trinajstić information content (AvgIpc) is 2.65. The second kappa shape index (κ2) is 15.3. The number of hydrogen-bond donors (Lipinski definition) is 3. The number of rotatable bonds is 12. The Morgan fingerprint density at radius 1 is 1.10 bits per heavy atom. The van der Waals surface area contributed by atoms with E-state index in [4.69, 9.17) is 21.8 Å². The van der Waals surface area contributed by atoms with Crippen LogP contribution in [-0.2, 0) is 19.2 Å². The van der Waals surface area contributed by atoms with Crippen LogP contribution in [0.1, 0.15) is 53.9 Å². The number of nitrogens with zero attached hydrogens (tertiary/aromatic N) is 1. The van der Waals surface area contributed by atoms with E-state index in [1.165, 1.54) is 23.5 Å². The Kier molecular flexibility index (Phi) is 14.5. The van der Waals surface area contributed by atoms with E-state index in [0.29, 0.717) is 29.5 Å². The largest absolute Gasteiger partial charge is 0.442 e. The van der Waals surface area contributed by atoms with E-state index < -0.39 is 22.3 Å². The van der Waals surface area contributed by atoms with E-state index >= 15 is 0 Å². The van der Waals surface area contributed by atoms with E-state index in [1.54, 1.807) is 27.7 Å². The molecule has 0 bridgehead atoms. The first-order valence-corrected chi connectivity index (χ1v) is 12.0. The summed E-state index contributed by atoms with van der Waals surface area (Å²) in [4.78, 5) is 39.8. The molecule has 0 spiro atoms.